The van der Waals surface area contributed by atoms with E-state index in [0.717, 1.165) is 54.2 Å². The van der Waals surface area contributed by atoms with Crippen LogP contribution < -0.4 is 15.5 Å². The van der Waals surface area contributed by atoms with Gasteiger partial charge in [-0.05, 0) is 79.9 Å². The molecule has 6 nitrogen and oxygen atoms in total. The first-order valence-electron chi connectivity index (χ1n) is 11.1. The highest BCUT2D eigenvalue weighted by atomic mass is 32.1. The van der Waals surface area contributed by atoms with Crippen LogP contribution in [0.25, 0.3) is 0 Å². The number of urea groups is 1. The van der Waals surface area contributed by atoms with E-state index in [1.165, 1.54) is 24.1 Å². The van der Waals surface area contributed by atoms with Crippen LogP contribution in [-0.2, 0) is 17.9 Å². The zero-order valence-corrected chi connectivity index (χ0v) is 18.0. The number of hydrogen-bond acceptors (Lipinski definition) is 4. The van der Waals surface area contributed by atoms with Crippen molar-refractivity contribution in [3.05, 3.63) is 46.5 Å². The fourth-order valence-electron chi connectivity index (χ4n) is 6.44. The van der Waals surface area contributed by atoms with Gasteiger partial charge in [0.05, 0.1) is 11.1 Å². The fraction of sp³-hybridized carbons (Fsp3) is 0.565. The maximum Gasteiger partial charge on any atom is 0.322 e. The second kappa shape index (κ2) is 8.19. The van der Waals surface area contributed by atoms with Gasteiger partial charge in [-0.25, -0.2) is 4.79 Å². The zero-order chi connectivity index (χ0) is 20.6. The SMILES string of the molecule is O=C(C[NH+](Cc1ccco1)Cc1cccs1)NC(=O)NC12CC3CC(CC(C3)C1)C2. The van der Waals surface area contributed by atoms with Crippen molar-refractivity contribution in [2.75, 3.05) is 6.54 Å². The van der Waals surface area contributed by atoms with Gasteiger partial charge >= 0.3 is 6.03 Å². The lowest BCUT2D eigenvalue weighted by molar-refractivity contribution is -0.920. The van der Waals surface area contributed by atoms with Crippen LogP contribution in [0.3, 0.4) is 0 Å². The number of furan rings is 1. The van der Waals surface area contributed by atoms with E-state index in [1.807, 2.05) is 23.6 Å². The second-order valence-corrected chi connectivity index (χ2v) is 10.7. The molecule has 160 valence electrons. The second-order valence-electron chi connectivity index (χ2n) is 9.64. The average Bonchev–Trinajstić information content (AvgIpc) is 3.33. The number of carbonyl (C=O) groups excluding carboxylic acids is 2. The Balaban J connectivity index is 1.18. The van der Waals surface area contributed by atoms with Gasteiger partial charge in [-0.15, -0.1) is 11.3 Å². The molecule has 0 aromatic carbocycles. The van der Waals surface area contributed by atoms with Crippen molar-refractivity contribution >= 4 is 23.3 Å². The number of hydrogen-bond donors (Lipinski definition) is 3. The molecule has 3 N–H and O–H groups in total. The van der Waals surface area contributed by atoms with Crippen LogP contribution in [0.5, 0.6) is 0 Å². The molecule has 0 radical (unpaired) electrons. The lowest BCUT2D eigenvalue weighted by Gasteiger charge is -2.56. The molecule has 1 atom stereocenters. The molecule has 3 amide bonds. The average molecular weight is 429 g/mol. The monoisotopic (exact) mass is 428 g/mol. The van der Waals surface area contributed by atoms with Crippen molar-refractivity contribution in [1.29, 1.82) is 0 Å². The van der Waals surface area contributed by atoms with Crippen molar-refractivity contribution in [2.24, 2.45) is 17.8 Å². The molecule has 4 saturated carbocycles. The topological polar surface area (TPSA) is 75.8 Å². The standard InChI is InChI=1S/C23H29N3O3S/c27-21(15-26(13-19-3-1-5-29-19)14-20-4-2-6-30-20)24-22(28)25-23-10-16-7-17(11-23)9-18(8-16)12-23/h1-6,16-18H,7-15H2,(H2,24,25,27,28)/p+1. The number of thiophene rings is 1. The molecule has 30 heavy (non-hydrogen) atoms. The van der Waals surface area contributed by atoms with E-state index in [4.69, 9.17) is 4.42 Å². The fourth-order valence-corrected chi connectivity index (χ4v) is 7.22. The highest BCUT2D eigenvalue weighted by molar-refractivity contribution is 7.09. The Morgan fingerprint density at radius 3 is 2.40 bits per heavy atom. The van der Waals surface area contributed by atoms with Crippen LogP contribution in [0, 0.1) is 17.8 Å². The molecular formula is C23H30N3O3S+. The first-order chi connectivity index (χ1) is 14.6. The summed E-state index contributed by atoms with van der Waals surface area (Å²) in [6, 6.07) is 7.55. The van der Waals surface area contributed by atoms with Crippen molar-refractivity contribution < 1.29 is 18.9 Å². The molecule has 0 aliphatic heterocycles. The van der Waals surface area contributed by atoms with Crippen LogP contribution in [0.15, 0.2) is 40.3 Å². The molecule has 7 heteroatoms. The van der Waals surface area contributed by atoms with Crippen LogP contribution in [0.2, 0.25) is 0 Å². The maximum absolute atomic E-state index is 12.7. The molecule has 0 spiro atoms. The predicted molar refractivity (Wildman–Crippen MR) is 114 cm³/mol. The summed E-state index contributed by atoms with van der Waals surface area (Å²) in [4.78, 5) is 27.6. The van der Waals surface area contributed by atoms with Gasteiger partial charge in [0.2, 0.25) is 0 Å². The molecule has 0 saturated heterocycles. The Labute approximate surface area is 181 Å². The third-order valence-electron chi connectivity index (χ3n) is 7.09. The smallest absolute Gasteiger partial charge is 0.322 e. The van der Waals surface area contributed by atoms with Gasteiger partial charge in [0, 0.05) is 5.54 Å². The molecule has 2 aromatic rings. The first-order valence-corrected chi connectivity index (χ1v) is 11.9. The molecule has 4 aliphatic carbocycles. The van der Waals surface area contributed by atoms with E-state index in [2.05, 4.69) is 16.7 Å². The highest BCUT2D eigenvalue weighted by Gasteiger charge is 2.51. The summed E-state index contributed by atoms with van der Waals surface area (Å²) in [5, 5.41) is 7.87. The lowest BCUT2D eigenvalue weighted by atomic mass is 9.53. The third kappa shape index (κ3) is 4.47. The van der Waals surface area contributed by atoms with Crippen molar-refractivity contribution in [3.63, 3.8) is 0 Å². The lowest BCUT2D eigenvalue weighted by Crippen LogP contribution is -3.10. The third-order valence-corrected chi connectivity index (χ3v) is 7.97. The van der Waals surface area contributed by atoms with Gasteiger partial charge in [-0.2, -0.15) is 0 Å². The van der Waals surface area contributed by atoms with Crippen LogP contribution in [0.4, 0.5) is 4.79 Å². The van der Waals surface area contributed by atoms with Crippen molar-refractivity contribution in [3.8, 4) is 0 Å². The summed E-state index contributed by atoms with van der Waals surface area (Å²) >= 11 is 1.68. The Hall–Kier alpha value is -2.12. The Morgan fingerprint density at radius 1 is 1.07 bits per heavy atom. The Bertz CT molecular complexity index is 806. The summed E-state index contributed by atoms with van der Waals surface area (Å²) in [5.41, 5.74) is -0.0865. The largest absolute Gasteiger partial charge is 0.463 e. The zero-order valence-electron chi connectivity index (χ0n) is 17.2. The molecule has 2 aromatic heterocycles. The maximum atomic E-state index is 12.7. The number of rotatable bonds is 7. The summed E-state index contributed by atoms with van der Waals surface area (Å²) < 4.78 is 5.48. The summed E-state index contributed by atoms with van der Waals surface area (Å²) in [7, 11) is 0. The normalized spacial score (nSPS) is 30.2. The minimum atomic E-state index is -0.324. The van der Waals surface area contributed by atoms with Gasteiger partial charge < -0.3 is 14.6 Å². The minimum absolute atomic E-state index is 0.0865. The summed E-state index contributed by atoms with van der Waals surface area (Å²) in [6.45, 7) is 1.56. The number of carbonyl (C=O) groups is 2. The number of imide groups is 1. The predicted octanol–water partition coefficient (Wildman–Crippen LogP) is 2.72. The van der Waals surface area contributed by atoms with E-state index in [0.29, 0.717) is 6.54 Å². The van der Waals surface area contributed by atoms with Crippen molar-refractivity contribution in [1.82, 2.24) is 10.6 Å². The van der Waals surface area contributed by atoms with Gasteiger partial charge in [-0.3, -0.25) is 10.1 Å². The van der Waals surface area contributed by atoms with Crippen LogP contribution in [0.1, 0.15) is 49.2 Å². The summed E-state index contributed by atoms with van der Waals surface area (Å²) in [6.07, 6.45) is 8.87. The van der Waals surface area contributed by atoms with Gasteiger partial charge in [0.15, 0.2) is 12.3 Å². The molecule has 4 bridgehead atoms. The van der Waals surface area contributed by atoms with Crippen LogP contribution in [-0.4, -0.2) is 24.0 Å². The van der Waals surface area contributed by atoms with E-state index in [-0.39, 0.29) is 24.0 Å². The molecule has 4 aliphatic rings. The molecule has 6 rings (SSSR count). The highest BCUT2D eigenvalue weighted by Crippen LogP contribution is 2.55. The van der Waals surface area contributed by atoms with Crippen LogP contribution >= 0.6 is 11.3 Å². The van der Waals surface area contributed by atoms with Gasteiger partial charge in [0.1, 0.15) is 13.1 Å². The molecular weight excluding hydrogens is 398 g/mol. The Morgan fingerprint density at radius 2 is 1.80 bits per heavy atom. The number of amides is 3. The molecule has 2 heterocycles. The molecule has 1 unspecified atom stereocenters. The number of nitrogens with one attached hydrogen (secondary N) is 3. The van der Waals surface area contributed by atoms with Crippen molar-refractivity contribution in [2.45, 2.75) is 57.2 Å². The minimum Gasteiger partial charge on any atom is -0.463 e. The van der Waals surface area contributed by atoms with E-state index in [1.54, 1.807) is 17.6 Å². The molecule has 4 fully saturated rings. The number of quaternary nitrogens is 1. The Kier molecular flexibility index (Phi) is 5.41. The first kappa shape index (κ1) is 19.8. The van der Waals surface area contributed by atoms with Gasteiger partial charge in [-0.1, -0.05) is 6.07 Å². The van der Waals surface area contributed by atoms with Gasteiger partial charge in [0.25, 0.3) is 5.91 Å². The quantitative estimate of drug-likeness (QED) is 0.635. The summed E-state index contributed by atoms with van der Waals surface area (Å²) in [5.74, 6) is 2.87. The van der Waals surface area contributed by atoms with E-state index < -0.39 is 0 Å². The van der Waals surface area contributed by atoms with E-state index >= 15 is 0 Å². The van der Waals surface area contributed by atoms with E-state index in [9.17, 15) is 9.59 Å².